The van der Waals surface area contributed by atoms with E-state index in [1.165, 1.54) is 12.2 Å². The van der Waals surface area contributed by atoms with Gasteiger partial charge in [0.05, 0.1) is 0 Å². The summed E-state index contributed by atoms with van der Waals surface area (Å²) in [6, 6.07) is 0. The first kappa shape index (κ1) is 12.0. The molecule has 5 heteroatoms. The van der Waals surface area contributed by atoms with Crippen molar-refractivity contribution in [3.8, 4) is 12.3 Å². The van der Waals surface area contributed by atoms with Gasteiger partial charge in [-0.1, -0.05) is 0 Å². The topological polar surface area (TPSA) is 66.5 Å². The quantitative estimate of drug-likeness (QED) is 0.499. The summed E-state index contributed by atoms with van der Waals surface area (Å²) in [5, 5.41) is 2.58. The lowest BCUT2D eigenvalue weighted by molar-refractivity contribution is -0.137. The monoisotopic (exact) mass is 220 g/mol. The average molecular weight is 220 g/mol. The molecule has 1 aliphatic rings. The van der Waals surface area contributed by atoms with Crippen molar-refractivity contribution in [2.45, 2.75) is 12.8 Å². The number of nitrogens with zero attached hydrogens (tertiary/aromatic N) is 1. The Morgan fingerprint density at radius 2 is 2.00 bits per heavy atom. The Kier molecular flexibility index (Phi) is 4.28. The second kappa shape index (κ2) is 5.71. The lowest BCUT2D eigenvalue weighted by Crippen LogP contribution is -2.38. The van der Waals surface area contributed by atoms with E-state index in [9.17, 15) is 14.4 Å². The smallest absolute Gasteiger partial charge is 0.253 e. The summed E-state index contributed by atoms with van der Waals surface area (Å²) < 4.78 is 0. The Labute approximate surface area is 93.5 Å². The maximum Gasteiger partial charge on any atom is 0.253 e. The van der Waals surface area contributed by atoms with E-state index in [2.05, 4.69) is 11.2 Å². The summed E-state index contributed by atoms with van der Waals surface area (Å²) >= 11 is 0. The van der Waals surface area contributed by atoms with E-state index in [0.717, 1.165) is 4.90 Å². The molecular formula is C11H12N2O3. The highest BCUT2D eigenvalue weighted by Crippen LogP contribution is 2.01. The van der Waals surface area contributed by atoms with Gasteiger partial charge in [-0.3, -0.25) is 19.3 Å². The van der Waals surface area contributed by atoms with Gasteiger partial charge in [0, 0.05) is 38.1 Å². The molecule has 1 N–H and O–H groups in total. The molecule has 0 aromatic carbocycles. The molecule has 0 unspecified atom stereocenters. The van der Waals surface area contributed by atoms with Crippen molar-refractivity contribution < 1.29 is 14.4 Å². The molecule has 0 radical (unpaired) electrons. The number of carbonyl (C=O) groups is 3. The van der Waals surface area contributed by atoms with Crippen molar-refractivity contribution in [2.75, 3.05) is 13.1 Å². The Bertz CT molecular complexity index is 361. The first-order chi connectivity index (χ1) is 7.65. The Morgan fingerprint density at radius 3 is 2.56 bits per heavy atom. The van der Waals surface area contributed by atoms with E-state index in [4.69, 9.17) is 6.42 Å². The van der Waals surface area contributed by atoms with Crippen molar-refractivity contribution in [1.29, 1.82) is 0 Å². The van der Waals surface area contributed by atoms with Crippen LogP contribution in [0.1, 0.15) is 12.8 Å². The van der Waals surface area contributed by atoms with Gasteiger partial charge in [0.2, 0.25) is 5.91 Å². The van der Waals surface area contributed by atoms with Crippen LogP contribution in [0.5, 0.6) is 0 Å². The normalized spacial score (nSPS) is 14.1. The molecule has 0 spiro atoms. The molecule has 3 amide bonds. The Balaban J connectivity index is 2.21. The number of imide groups is 1. The first-order valence-electron chi connectivity index (χ1n) is 4.89. The largest absolute Gasteiger partial charge is 0.354 e. The molecular weight excluding hydrogens is 208 g/mol. The van der Waals surface area contributed by atoms with E-state index < -0.39 is 0 Å². The number of hydrogen-bond acceptors (Lipinski definition) is 3. The summed E-state index contributed by atoms with van der Waals surface area (Å²) in [7, 11) is 0. The number of hydrogen-bond donors (Lipinski definition) is 1. The molecule has 5 nitrogen and oxygen atoms in total. The van der Waals surface area contributed by atoms with Gasteiger partial charge < -0.3 is 5.32 Å². The minimum Gasteiger partial charge on any atom is -0.354 e. The van der Waals surface area contributed by atoms with Gasteiger partial charge >= 0.3 is 0 Å². The Hall–Kier alpha value is -2.09. The molecule has 0 fully saturated rings. The third-order valence-electron chi connectivity index (χ3n) is 2.05. The zero-order valence-electron chi connectivity index (χ0n) is 8.73. The number of carbonyl (C=O) groups excluding carboxylic acids is 3. The maximum atomic E-state index is 11.1. The van der Waals surface area contributed by atoms with Crippen LogP contribution in [0, 0.1) is 12.3 Å². The van der Waals surface area contributed by atoms with Gasteiger partial charge in [-0.2, -0.15) is 0 Å². The summed E-state index contributed by atoms with van der Waals surface area (Å²) in [5.74, 6) is 1.49. The van der Waals surface area contributed by atoms with Crippen LogP contribution in [-0.4, -0.2) is 35.7 Å². The van der Waals surface area contributed by atoms with Crippen LogP contribution >= 0.6 is 0 Å². The highest BCUT2D eigenvalue weighted by Gasteiger charge is 2.22. The predicted octanol–water partition coefficient (Wildman–Crippen LogP) is -0.559. The summed E-state index contributed by atoms with van der Waals surface area (Å²) in [4.78, 5) is 34.4. The lowest BCUT2D eigenvalue weighted by atomic mass is 10.3. The van der Waals surface area contributed by atoms with Crippen molar-refractivity contribution in [3.05, 3.63) is 12.2 Å². The van der Waals surface area contributed by atoms with Crippen LogP contribution in [-0.2, 0) is 14.4 Å². The van der Waals surface area contributed by atoms with E-state index in [1.807, 2.05) is 0 Å². The van der Waals surface area contributed by atoms with Gasteiger partial charge in [-0.15, -0.1) is 12.3 Å². The zero-order valence-corrected chi connectivity index (χ0v) is 8.73. The molecule has 1 heterocycles. The fourth-order valence-corrected chi connectivity index (χ4v) is 1.23. The molecule has 0 atom stereocenters. The van der Waals surface area contributed by atoms with Gasteiger partial charge in [-0.05, 0) is 0 Å². The second-order valence-corrected chi connectivity index (χ2v) is 3.22. The predicted molar refractivity (Wildman–Crippen MR) is 56.9 cm³/mol. The van der Waals surface area contributed by atoms with Gasteiger partial charge in [-0.25, -0.2) is 0 Å². The molecule has 0 saturated heterocycles. The molecule has 0 saturated carbocycles. The number of nitrogens with one attached hydrogen (secondary N) is 1. The minimum atomic E-state index is -0.345. The molecule has 0 aromatic rings. The van der Waals surface area contributed by atoms with Crippen LogP contribution in [0.15, 0.2) is 12.2 Å². The molecule has 0 bridgehead atoms. The molecule has 84 valence electrons. The van der Waals surface area contributed by atoms with E-state index in [0.29, 0.717) is 6.42 Å². The van der Waals surface area contributed by atoms with E-state index in [-0.39, 0.29) is 37.2 Å². The van der Waals surface area contributed by atoms with E-state index >= 15 is 0 Å². The second-order valence-electron chi connectivity index (χ2n) is 3.22. The molecule has 1 rings (SSSR count). The van der Waals surface area contributed by atoms with Crippen molar-refractivity contribution in [2.24, 2.45) is 0 Å². The highest BCUT2D eigenvalue weighted by molar-refractivity contribution is 6.12. The van der Waals surface area contributed by atoms with Crippen molar-refractivity contribution in [1.82, 2.24) is 10.2 Å². The summed E-state index contributed by atoms with van der Waals surface area (Å²) in [5.41, 5.74) is 0. The highest BCUT2D eigenvalue weighted by atomic mass is 16.2. The Morgan fingerprint density at radius 1 is 1.38 bits per heavy atom. The number of terminal acetylenes is 1. The van der Waals surface area contributed by atoms with E-state index in [1.54, 1.807) is 0 Å². The molecule has 16 heavy (non-hydrogen) atoms. The molecule has 0 aromatic heterocycles. The lowest BCUT2D eigenvalue weighted by Gasteiger charge is -2.13. The third-order valence-corrected chi connectivity index (χ3v) is 2.05. The fraction of sp³-hybridized carbons (Fsp3) is 0.364. The standard InChI is InChI=1S/C11H12N2O3/c1-2-3-4-9(14)12-7-8-13-10(15)5-6-11(13)16/h1,5-6H,3-4,7-8H2,(H,12,14). The van der Waals surface area contributed by atoms with Gasteiger partial charge in [0.25, 0.3) is 11.8 Å². The number of amides is 3. The minimum absolute atomic E-state index is 0.176. The zero-order chi connectivity index (χ0) is 12.0. The van der Waals surface area contributed by atoms with Crippen LogP contribution in [0.4, 0.5) is 0 Å². The number of rotatable bonds is 5. The first-order valence-corrected chi connectivity index (χ1v) is 4.89. The van der Waals surface area contributed by atoms with Crippen LogP contribution in [0.2, 0.25) is 0 Å². The fourth-order valence-electron chi connectivity index (χ4n) is 1.23. The van der Waals surface area contributed by atoms with Crippen LogP contribution < -0.4 is 5.32 Å². The van der Waals surface area contributed by atoms with Gasteiger partial charge in [0.1, 0.15) is 0 Å². The third kappa shape index (κ3) is 3.24. The average Bonchev–Trinajstić information content (AvgIpc) is 2.57. The van der Waals surface area contributed by atoms with Crippen LogP contribution in [0.3, 0.4) is 0 Å². The molecule has 0 aliphatic carbocycles. The van der Waals surface area contributed by atoms with Gasteiger partial charge in [0.15, 0.2) is 0 Å². The summed E-state index contributed by atoms with van der Waals surface area (Å²) in [6.45, 7) is 0.440. The molecule has 1 aliphatic heterocycles. The van der Waals surface area contributed by atoms with Crippen molar-refractivity contribution in [3.63, 3.8) is 0 Å². The maximum absolute atomic E-state index is 11.1. The van der Waals surface area contributed by atoms with Crippen LogP contribution in [0.25, 0.3) is 0 Å². The SMILES string of the molecule is C#CCCC(=O)NCCN1C(=O)C=CC1=O. The summed E-state index contributed by atoms with van der Waals surface area (Å²) in [6.07, 6.45) is 8.07. The van der Waals surface area contributed by atoms with Crippen molar-refractivity contribution >= 4 is 17.7 Å².